The summed E-state index contributed by atoms with van der Waals surface area (Å²) in [6.45, 7) is 0. The number of nitriles is 1. The van der Waals surface area contributed by atoms with Gasteiger partial charge in [0.1, 0.15) is 17.7 Å². The fourth-order valence-electron chi connectivity index (χ4n) is 3.01. The van der Waals surface area contributed by atoms with Crippen molar-refractivity contribution in [3.63, 3.8) is 0 Å². The van der Waals surface area contributed by atoms with Crippen LogP contribution in [0.4, 0.5) is 5.69 Å². The SMILES string of the molecule is N#CC(=Cc1ccc(-c2ccc([N+](=O)[O-])cc2)s1)C(=O)OC1CCCCC1. The topological polar surface area (TPSA) is 93.2 Å². The number of esters is 1. The summed E-state index contributed by atoms with van der Waals surface area (Å²) in [6.07, 6.45) is 6.41. The Hall–Kier alpha value is -2.98. The van der Waals surface area contributed by atoms with E-state index in [4.69, 9.17) is 4.74 Å². The number of carbonyl (C=O) groups is 1. The van der Waals surface area contributed by atoms with Gasteiger partial charge in [-0.1, -0.05) is 6.42 Å². The summed E-state index contributed by atoms with van der Waals surface area (Å²) in [5.74, 6) is -0.574. The average Bonchev–Trinajstić information content (AvgIpc) is 3.15. The molecule has 0 N–H and O–H groups in total. The second-order valence-corrected chi connectivity index (χ2v) is 7.46. The van der Waals surface area contributed by atoms with Gasteiger partial charge in [-0.3, -0.25) is 10.1 Å². The second-order valence-electron chi connectivity index (χ2n) is 6.34. The lowest BCUT2D eigenvalue weighted by Crippen LogP contribution is -2.21. The zero-order valence-corrected chi connectivity index (χ0v) is 15.4. The number of non-ortho nitro benzene ring substituents is 1. The molecule has 0 atom stereocenters. The minimum atomic E-state index is -0.574. The number of ether oxygens (including phenoxy) is 1. The maximum Gasteiger partial charge on any atom is 0.349 e. The van der Waals surface area contributed by atoms with Gasteiger partial charge in [0, 0.05) is 21.9 Å². The summed E-state index contributed by atoms with van der Waals surface area (Å²) in [6, 6.07) is 11.9. The van der Waals surface area contributed by atoms with Crippen LogP contribution in [0.15, 0.2) is 42.0 Å². The summed E-state index contributed by atoms with van der Waals surface area (Å²) >= 11 is 1.40. The quantitative estimate of drug-likeness (QED) is 0.236. The third-order valence-electron chi connectivity index (χ3n) is 4.44. The highest BCUT2D eigenvalue weighted by Gasteiger charge is 2.20. The molecule has 1 aromatic heterocycles. The van der Waals surface area contributed by atoms with Gasteiger partial charge in [0.15, 0.2) is 0 Å². The van der Waals surface area contributed by atoms with Crippen LogP contribution in [0.25, 0.3) is 16.5 Å². The number of benzene rings is 1. The van der Waals surface area contributed by atoms with E-state index in [1.807, 2.05) is 18.2 Å². The van der Waals surface area contributed by atoms with Crippen molar-refractivity contribution in [1.29, 1.82) is 5.26 Å². The van der Waals surface area contributed by atoms with E-state index in [0.29, 0.717) is 0 Å². The molecule has 0 saturated heterocycles. The zero-order chi connectivity index (χ0) is 19.2. The first-order valence-corrected chi connectivity index (χ1v) is 9.56. The van der Waals surface area contributed by atoms with Crippen LogP contribution in [-0.2, 0) is 9.53 Å². The number of nitrogens with zero attached hydrogens (tertiary/aromatic N) is 2. The Morgan fingerprint density at radius 2 is 1.89 bits per heavy atom. The van der Waals surface area contributed by atoms with Gasteiger partial charge in [-0.25, -0.2) is 4.79 Å². The van der Waals surface area contributed by atoms with Crippen LogP contribution in [0.1, 0.15) is 37.0 Å². The van der Waals surface area contributed by atoms with Crippen molar-refractivity contribution >= 4 is 29.1 Å². The van der Waals surface area contributed by atoms with Crippen molar-refractivity contribution in [1.82, 2.24) is 0 Å². The summed E-state index contributed by atoms with van der Waals surface area (Å²) in [5.41, 5.74) is 0.860. The summed E-state index contributed by atoms with van der Waals surface area (Å²) in [5, 5.41) is 20.1. The highest BCUT2D eigenvalue weighted by molar-refractivity contribution is 7.16. The van der Waals surface area contributed by atoms with Crippen LogP contribution < -0.4 is 0 Å². The van der Waals surface area contributed by atoms with E-state index in [0.717, 1.165) is 47.4 Å². The van der Waals surface area contributed by atoms with E-state index in [2.05, 4.69) is 0 Å². The van der Waals surface area contributed by atoms with Gasteiger partial charge >= 0.3 is 5.97 Å². The van der Waals surface area contributed by atoms with Crippen LogP contribution in [0.3, 0.4) is 0 Å². The maximum absolute atomic E-state index is 12.3. The summed E-state index contributed by atoms with van der Waals surface area (Å²) in [4.78, 5) is 24.2. The number of rotatable bonds is 5. The first kappa shape index (κ1) is 18.8. The first-order chi connectivity index (χ1) is 13.1. The fourth-order valence-corrected chi connectivity index (χ4v) is 3.97. The molecule has 0 unspecified atom stereocenters. The second kappa shape index (κ2) is 8.60. The lowest BCUT2D eigenvalue weighted by atomic mass is 9.98. The third kappa shape index (κ3) is 4.80. The molecule has 138 valence electrons. The largest absolute Gasteiger partial charge is 0.458 e. The highest BCUT2D eigenvalue weighted by atomic mass is 32.1. The molecule has 0 radical (unpaired) electrons. The molecule has 1 aliphatic rings. The molecule has 1 aliphatic carbocycles. The number of thiophene rings is 1. The Morgan fingerprint density at radius 3 is 2.52 bits per heavy atom. The van der Waals surface area contributed by atoms with Gasteiger partial charge in [0.05, 0.1) is 4.92 Å². The molecule has 1 aromatic carbocycles. The molecule has 1 heterocycles. The molecule has 0 spiro atoms. The number of nitro groups is 1. The van der Waals surface area contributed by atoms with E-state index in [1.54, 1.807) is 12.1 Å². The standard InChI is InChI=1S/C20H18N2O4S/c21-13-15(20(23)26-17-4-2-1-3-5-17)12-18-10-11-19(27-18)14-6-8-16(9-7-14)22(24)25/h6-12,17H,1-5H2. The smallest absolute Gasteiger partial charge is 0.349 e. The van der Waals surface area contributed by atoms with Gasteiger partial charge < -0.3 is 4.74 Å². The lowest BCUT2D eigenvalue weighted by molar-refractivity contribution is -0.384. The van der Waals surface area contributed by atoms with Gasteiger partial charge in [-0.2, -0.15) is 5.26 Å². The lowest BCUT2D eigenvalue weighted by Gasteiger charge is -2.21. The summed E-state index contributed by atoms with van der Waals surface area (Å²) < 4.78 is 5.45. The van der Waals surface area contributed by atoms with Crippen LogP contribution in [0.2, 0.25) is 0 Å². The molecule has 0 amide bonds. The minimum Gasteiger partial charge on any atom is -0.458 e. The molecule has 3 rings (SSSR count). The number of hydrogen-bond donors (Lipinski definition) is 0. The molecule has 0 bridgehead atoms. The van der Waals surface area contributed by atoms with Gasteiger partial charge in [-0.15, -0.1) is 11.3 Å². The molecule has 6 nitrogen and oxygen atoms in total. The Morgan fingerprint density at radius 1 is 1.19 bits per heavy atom. The Bertz CT molecular complexity index is 903. The molecule has 1 saturated carbocycles. The molecular weight excluding hydrogens is 364 g/mol. The van der Waals surface area contributed by atoms with E-state index in [9.17, 15) is 20.2 Å². The van der Waals surface area contributed by atoms with Gasteiger partial charge in [0.2, 0.25) is 0 Å². The normalized spacial score (nSPS) is 15.1. The average molecular weight is 382 g/mol. The van der Waals surface area contributed by atoms with Crippen LogP contribution in [0, 0.1) is 21.4 Å². The predicted molar refractivity (Wildman–Crippen MR) is 103 cm³/mol. The first-order valence-electron chi connectivity index (χ1n) is 8.74. The molecule has 7 heteroatoms. The molecule has 27 heavy (non-hydrogen) atoms. The van der Waals surface area contributed by atoms with Crippen molar-refractivity contribution in [3.05, 3.63) is 57.0 Å². The van der Waals surface area contributed by atoms with Crippen LogP contribution in [-0.4, -0.2) is 17.0 Å². The number of hydrogen-bond acceptors (Lipinski definition) is 6. The van der Waals surface area contributed by atoms with E-state index in [1.165, 1.54) is 29.5 Å². The minimum absolute atomic E-state index is 0.0160. The van der Waals surface area contributed by atoms with Crippen LogP contribution >= 0.6 is 11.3 Å². The zero-order valence-electron chi connectivity index (χ0n) is 14.6. The van der Waals surface area contributed by atoms with E-state index < -0.39 is 10.9 Å². The number of nitro benzene ring substituents is 1. The highest BCUT2D eigenvalue weighted by Crippen LogP contribution is 2.31. The van der Waals surface area contributed by atoms with E-state index >= 15 is 0 Å². The Kier molecular flexibility index (Phi) is 5.99. The monoisotopic (exact) mass is 382 g/mol. The third-order valence-corrected chi connectivity index (χ3v) is 5.52. The number of carbonyl (C=O) groups excluding carboxylic acids is 1. The fraction of sp³-hybridized carbons (Fsp3) is 0.300. The van der Waals surface area contributed by atoms with E-state index in [-0.39, 0.29) is 17.4 Å². The summed E-state index contributed by atoms with van der Waals surface area (Å²) in [7, 11) is 0. The van der Waals surface area contributed by atoms with Crippen molar-refractivity contribution in [2.45, 2.75) is 38.2 Å². The molecule has 1 fully saturated rings. The van der Waals surface area contributed by atoms with Crippen molar-refractivity contribution in [2.24, 2.45) is 0 Å². The predicted octanol–water partition coefficient (Wildman–Crippen LogP) is 5.11. The molecular formula is C20H18N2O4S. The maximum atomic E-state index is 12.3. The van der Waals surface area contributed by atoms with Gasteiger partial charge in [-0.05, 0) is 61.6 Å². The Balaban J connectivity index is 1.72. The van der Waals surface area contributed by atoms with Crippen molar-refractivity contribution in [2.75, 3.05) is 0 Å². The van der Waals surface area contributed by atoms with Gasteiger partial charge in [0.25, 0.3) is 5.69 Å². The Labute approximate surface area is 160 Å². The van der Waals surface area contributed by atoms with Crippen molar-refractivity contribution < 1.29 is 14.5 Å². The van der Waals surface area contributed by atoms with Crippen LogP contribution in [0.5, 0.6) is 0 Å². The molecule has 0 aliphatic heterocycles. The molecule has 2 aromatic rings. The van der Waals surface area contributed by atoms with Crippen molar-refractivity contribution in [3.8, 4) is 16.5 Å².